The van der Waals surface area contributed by atoms with E-state index in [4.69, 9.17) is 5.11 Å². The number of aliphatic carboxylic acids is 1. The molecule has 0 unspecified atom stereocenters. The summed E-state index contributed by atoms with van der Waals surface area (Å²) in [6, 6.07) is 0. The number of allylic oxidation sites excluding steroid dienone is 1. The van der Waals surface area contributed by atoms with Crippen LogP contribution in [0.15, 0.2) is 24.3 Å². The largest absolute Gasteiger partial charge is 0.481 e. The van der Waals surface area contributed by atoms with Crippen molar-refractivity contribution in [3.05, 3.63) is 24.3 Å². The van der Waals surface area contributed by atoms with Gasteiger partial charge in [-0.2, -0.15) is 0 Å². The van der Waals surface area contributed by atoms with Crippen molar-refractivity contribution in [2.75, 3.05) is 0 Å². The number of aliphatic hydroxyl groups is 3. The van der Waals surface area contributed by atoms with Gasteiger partial charge in [-0.05, 0) is 38.0 Å². The topological polar surface area (TPSA) is 98.0 Å². The van der Waals surface area contributed by atoms with Gasteiger partial charge in [0.05, 0.1) is 18.3 Å². The highest BCUT2D eigenvalue weighted by Gasteiger charge is 2.39. The van der Waals surface area contributed by atoms with Gasteiger partial charge in [0.25, 0.3) is 0 Å². The molecule has 1 rings (SSSR count). The Morgan fingerprint density at radius 2 is 1.92 bits per heavy atom. The van der Waals surface area contributed by atoms with E-state index >= 15 is 0 Å². The summed E-state index contributed by atoms with van der Waals surface area (Å²) in [7, 11) is 0. The lowest BCUT2D eigenvalue weighted by Crippen LogP contribution is -2.21. The van der Waals surface area contributed by atoms with Gasteiger partial charge in [-0.1, -0.05) is 44.1 Å². The molecular weight excluding hydrogens is 320 g/mol. The van der Waals surface area contributed by atoms with E-state index in [9.17, 15) is 20.1 Å². The molecule has 144 valence electrons. The number of hydrogen-bond donors (Lipinski definition) is 4. The van der Waals surface area contributed by atoms with Crippen LogP contribution in [-0.2, 0) is 4.79 Å². The monoisotopic (exact) mass is 354 g/mol. The van der Waals surface area contributed by atoms with Crippen LogP contribution in [0.3, 0.4) is 0 Å². The fourth-order valence-electron chi connectivity index (χ4n) is 3.47. The minimum atomic E-state index is -0.846. The van der Waals surface area contributed by atoms with E-state index in [2.05, 4.69) is 13.0 Å². The molecule has 0 aromatic rings. The van der Waals surface area contributed by atoms with E-state index in [-0.39, 0.29) is 18.3 Å². The highest BCUT2D eigenvalue weighted by Crippen LogP contribution is 2.37. The Balaban J connectivity index is 2.44. The van der Waals surface area contributed by atoms with Gasteiger partial charge < -0.3 is 20.4 Å². The van der Waals surface area contributed by atoms with Gasteiger partial charge in [0.15, 0.2) is 0 Å². The molecule has 25 heavy (non-hydrogen) atoms. The van der Waals surface area contributed by atoms with Crippen molar-refractivity contribution in [1.29, 1.82) is 0 Å². The summed E-state index contributed by atoms with van der Waals surface area (Å²) in [5, 5.41) is 39.0. The molecule has 5 heteroatoms. The molecule has 0 saturated heterocycles. The summed E-state index contributed by atoms with van der Waals surface area (Å²) >= 11 is 0. The number of unbranched alkanes of at least 4 members (excludes halogenated alkanes) is 3. The highest BCUT2D eigenvalue weighted by molar-refractivity contribution is 5.66. The summed E-state index contributed by atoms with van der Waals surface area (Å²) in [5.74, 6) is -1.23. The van der Waals surface area contributed by atoms with Gasteiger partial charge in [-0.3, -0.25) is 4.79 Å². The summed E-state index contributed by atoms with van der Waals surface area (Å²) in [6.45, 7) is 2.17. The van der Waals surface area contributed by atoms with Crippen LogP contribution in [0.4, 0.5) is 0 Å². The third-order valence-corrected chi connectivity index (χ3v) is 4.92. The van der Waals surface area contributed by atoms with Crippen molar-refractivity contribution in [2.45, 2.75) is 83.0 Å². The number of rotatable bonds is 12. The molecule has 0 amide bonds. The number of carbonyl (C=O) groups is 1. The zero-order valence-electron chi connectivity index (χ0n) is 15.3. The summed E-state index contributed by atoms with van der Waals surface area (Å²) in [5.41, 5.74) is 0. The van der Waals surface area contributed by atoms with Crippen molar-refractivity contribution in [2.24, 2.45) is 11.8 Å². The molecule has 1 aliphatic carbocycles. The van der Waals surface area contributed by atoms with Crippen LogP contribution in [0.5, 0.6) is 0 Å². The number of aliphatic hydroxyl groups excluding tert-OH is 3. The molecule has 0 heterocycles. The van der Waals surface area contributed by atoms with Crippen LogP contribution >= 0.6 is 0 Å². The zero-order chi connectivity index (χ0) is 18.7. The predicted octanol–water partition coefficient (Wildman–Crippen LogP) is 3.04. The number of carboxylic acids is 1. The summed E-state index contributed by atoms with van der Waals surface area (Å²) < 4.78 is 0. The van der Waals surface area contributed by atoms with Gasteiger partial charge in [0.1, 0.15) is 0 Å². The first-order chi connectivity index (χ1) is 12.0. The van der Waals surface area contributed by atoms with Crippen molar-refractivity contribution < 1.29 is 25.2 Å². The molecule has 0 aromatic carbocycles. The van der Waals surface area contributed by atoms with E-state index in [1.165, 1.54) is 19.3 Å². The normalized spacial score (nSPS) is 28.2. The molecular formula is C20H34O5. The SMILES string of the molecule is CCCCC/C=C\C[C@H](O)/C=C/[C@@H]1[C@@H](CCCC(=O)O)[C@H](O)C[C@@H]1O. The second-order valence-corrected chi connectivity index (χ2v) is 7.05. The Morgan fingerprint density at radius 1 is 1.16 bits per heavy atom. The maximum Gasteiger partial charge on any atom is 0.303 e. The third-order valence-electron chi connectivity index (χ3n) is 4.92. The molecule has 0 aliphatic heterocycles. The fourth-order valence-corrected chi connectivity index (χ4v) is 3.47. The van der Waals surface area contributed by atoms with E-state index in [1.807, 2.05) is 6.08 Å². The van der Waals surface area contributed by atoms with Crippen molar-refractivity contribution in [1.82, 2.24) is 0 Å². The average Bonchev–Trinajstić information content (AvgIpc) is 2.82. The Labute approximate surface area is 151 Å². The van der Waals surface area contributed by atoms with Crippen molar-refractivity contribution in [3.8, 4) is 0 Å². The summed E-state index contributed by atoms with van der Waals surface area (Å²) in [6.07, 6.45) is 12.3. The van der Waals surface area contributed by atoms with Crippen molar-refractivity contribution in [3.63, 3.8) is 0 Å². The van der Waals surface area contributed by atoms with Crippen LogP contribution < -0.4 is 0 Å². The van der Waals surface area contributed by atoms with Crippen LogP contribution in [-0.4, -0.2) is 44.7 Å². The maximum atomic E-state index is 10.6. The first kappa shape index (κ1) is 21.9. The number of carboxylic acid groups (broad SMARTS) is 1. The lowest BCUT2D eigenvalue weighted by atomic mass is 9.88. The van der Waals surface area contributed by atoms with Gasteiger partial charge in [-0.25, -0.2) is 0 Å². The van der Waals surface area contributed by atoms with Crippen LogP contribution in [0.2, 0.25) is 0 Å². The molecule has 0 aromatic heterocycles. The lowest BCUT2D eigenvalue weighted by Gasteiger charge is -2.20. The fraction of sp³-hybridized carbons (Fsp3) is 0.750. The molecule has 0 bridgehead atoms. The Hall–Kier alpha value is -1.17. The second-order valence-electron chi connectivity index (χ2n) is 7.05. The van der Waals surface area contributed by atoms with Gasteiger partial charge in [0.2, 0.25) is 0 Å². The van der Waals surface area contributed by atoms with E-state index in [0.717, 1.165) is 6.42 Å². The quantitative estimate of drug-likeness (QED) is 0.319. The van der Waals surface area contributed by atoms with E-state index in [0.29, 0.717) is 25.7 Å². The minimum absolute atomic E-state index is 0.0706. The lowest BCUT2D eigenvalue weighted by molar-refractivity contribution is -0.137. The van der Waals surface area contributed by atoms with Crippen LogP contribution in [0.25, 0.3) is 0 Å². The van der Waals surface area contributed by atoms with Crippen LogP contribution in [0.1, 0.15) is 64.7 Å². The molecule has 0 spiro atoms. The highest BCUT2D eigenvalue weighted by atomic mass is 16.4. The Kier molecular flexibility index (Phi) is 10.7. The number of hydrogen-bond acceptors (Lipinski definition) is 4. The first-order valence-corrected chi connectivity index (χ1v) is 9.55. The minimum Gasteiger partial charge on any atom is -0.481 e. The Bertz CT molecular complexity index is 432. The third kappa shape index (κ3) is 8.66. The maximum absolute atomic E-state index is 10.6. The molecule has 1 saturated carbocycles. The standard InChI is InChI=1S/C20H34O5/c1-2-3-4-5-6-7-9-15(21)12-13-17-16(10-8-11-20(24)25)18(22)14-19(17)23/h6-7,12-13,15-19,21-23H,2-5,8-11,14H2,1H3,(H,24,25)/b7-6-,13-12+/t15-,16+,17+,18+,19-/m0/s1. The molecule has 1 fully saturated rings. The van der Waals surface area contributed by atoms with Gasteiger partial charge in [-0.15, -0.1) is 0 Å². The van der Waals surface area contributed by atoms with Gasteiger partial charge in [0, 0.05) is 18.8 Å². The first-order valence-electron chi connectivity index (χ1n) is 9.55. The van der Waals surface area contributed by atoms with Crippen molar-refractivity contribution >= 4 is 5.97 Å². The van der Waals surface area contributed by atoms with E-state index < -0.39 is 24.3 Å². The van der Waals surface area contributed by atoms with E-state index in [1.54, 1.807) is 12.2 Å². The Morgan fingerprint density at radius 3 is 2.60 bits per heavy atom. The smallest absolute Gasteiger partial charge is 0.303 e. The molecule has 0 radical (unpaired) electrons. The molecule has 5 nitrogen and oxygen atoms in total. The summed E-state index contributed by atoms with van der Waals surface area (Å²) in [4.78, 5) is 10.6. The zero-order valence-corrected chi connectivity index (χ0v) is 15.3. The van der Waals surface area contributed by atoms with Gasteiger partial charge >= 0.3 is 5.97 Å². The second kappa shape index (κ2) is 12.2. The predicted molar refractivity (Wildman–Crippen MR) is 98.1 cm³/mol. The average molecular weight is 354 g/mol. The van der Waals surface area contributed by atoms with Crippen LogP contribution in [0, 0.1) is 11.8 Å². The molecule has 4 N–H and O–H groups in total. The molecule has 5 atom stereocenters. The molecule has 1 aliphatic rings.